The summed E-state index contributed by atoms with van der Waals surface area (Å²) in [5.74, 6) is 0.279. The topological polar surface area (TPSA) is 103 Å². The fraction of sp³-hybridized carbons (Fsp3) is 0.100. The number of barbiturate groups is 1. The molecule has 0 unspecified atom stereocenters. The van der Waals surface area contributed by atoms with Crippen LogP contribution in [0.15, 0.2) is 84.4 Å². The van der Waals surface area contributed by atoms with Crippen LogP contribution in [0.1, 0.15) is 11.1 Å². The quantitative estimate of drug-likeness (QED) is 0.286. The first-order chi connectivity index (χ1) is 19.0. The van der Waals surface area contributed by atoms with Crippen molar-refractivity contribution in [2.45, 2.75) is 6.61 Å². The van der Waals surface area contributed by atoms with Gasteiger partial charge in [0.05, 0.1) is 12.8 Å². The van der Waals surface area contributed by atoms with E-state index < -0.39 is 17.8 Å². The Morgan fingerprint density at radius 2 is 1.72 bits per heavy atom. The van der Waals surface area contributed by atoms with Gasteiger partial charge in [0, 0.05) is 6.07 Å². The van der Waals surface area contributed by atoms with Gasteiger partial charge >= 0.3 is 6.03 Å². The Hall–Kier alpha value is -5.31. The molecular formula is C30H22N2O7. The van der Waals surface area contributed by atoms with Gasteiger partial charge in [-0.05, 0) is 52.2 Å². The van der Waals surface area contributed by atoms with Gasteiger partial charge in [0.1, 0.15) is 12.2 Å². The average Bonchev–Trinajstić information content (AvgIpc) is 3.42. The molecule has 0 spiro atoms. The Kier molecular flexibility index (Phi) is 6.08. The molecule has 1 saturated heterocycles. The highest BCUT2D eigenvalue weighted by Gasteiger charge is 2.37. The monoisotopic (exact) mass is 522 g/mol. The average molecular weight is 523 g/mol. The number of urea groups is 1. The van der Waals surface area contributed by atoms with Crippen LogP contribution in [0.3, 0.4) is 0 Å². The third-order valence-corrected chi connectivity index (χ3v) is 6.48. The SMILES string of the molecule is COc1cc(/C=C2\C(=O)NC(=O)N(c3ccc4c(c3)OCO4)C2=O)ccc1OCc1cccc2ccccc12. The minimum atomic E-state index is -0.851. The highest BCUT2D eigenvalue weighted by Crippen LogP contribution is 2.37. The second-order valence-electron chi connectivity index (χ2n) is 8.83. The number of ether oxygens (including phenoxy) is 4. The van der Waals surface area contributed by atoms with Crippen molar-refractivity contribution < 1.29 is 33.3 Å². The maximum atomic E-state index is 13.3. The van der Waals surface area contributed by atoms with Gasteiger partial charge in [-0.15, -0.1) is 0 Å². The summed E-state index contributed by atoms with van der Waals surface area (Å²) in [6, 6.07) is 23.0. The summed E-state index contributed by atoms with van der Waals surface area (Å²) in [5, 5.41) is 4.44. The number of rotatable bonds is 6. The summed E-state index contributed by atoms with van der Waals surface area (Å²) in [7, 11) is 1.51. The zero-order valence-corrected chi connectivity index (χ0v) is 20.8. The predicted octanol–water partition coefficient (Wildman–Crippen LogP) is 4.82. The minimum Gasteiger partial charge on any atom is -0.493 e. The van der Waals surface area contributed by atoms with Crippen LogP contribution >= 0.6 is 0 Å². The Bertz CT molecular complexity index is 1670. The molecular weight excluding hydrogens is 500 g/mol. The van der Waals surface area contributed by atoms with Crippen molar-refractivity contribution in [2.75, 3.05) is 18.8 Å². The first kappa shape index (κ1) is 24.1. The molecule has 4 aromatic rings. The number of carbonyl (C=O) groups is 3. The maximum Gasteiger partial charge on any atom is 0.335 e. The molecule has 9 heteroatoms. The lowest BCUT2D eigenvalue weighted by atomic mass is 10.1. The molecule has 4 amide bonds. The van der Waals surface area contributed by atoms with Gasteiger partial charge in [-0.3, -0.25) is 14.9 Å². The lowest BCUT2D eigenvalue weighted by molar-refractivity contribution is -0.122. The summed E-state index contributed by atoms with van der Waals surface area (Å²) < 4.78 is 22.2. The number of benzene rings is 4. The van der Waals surface area contributed by atoms with Gasteiger partial charge in [-0.25, -0.2) is 9.69 Å². The molecule has 2 aliphatic rings. The van der Waals surface area contributed by atoms with E-state index in [1.54, 1.807) is 30.3 Å². The lowest BCUT2D eigenvalue weighted by Gasteiger charge is -2.26. The van der Waals surface area contributed by atoms with Gasteiger partial charge in [0.15, 0.2) is 23.0 Å². The van der Waals surface area contributed by atoms with Gasteiger partial charge < -0.3 is 18.9 Å². The summed E-state index contributed by atoms with van der Waals surface area (Å²) in [6.07, 6.45) is 1.40. The molecule has 0 bridgehead atoms. The number of imide groups is 2. The van der Waals surface area contributed by atoms with Crippen molar-refractivity contribution in [1.82, 2.24) is 5.32 Å². The number of hydrogen-bond acceptors (Lipinski definition) is 7. The van der Waals surface area contributed by atoms with Crippen molar-refractivity contribution in [3.05, 3.63) is 95.6 Å². The molecule has 6 rings (SSSR count). The van der Waals surface area contributed by atoms with Crippen LogP contribution in [-0.2, 0) is 16.2 Å². The van der Waals surface area contributed by atoms with Gasteiger partial charge in [-0.1, -0.05) is 48.5 Å². The largest absolute Gasteiger partial charge is 0.493 e. The number of hydrogen-bond donors (Lipinski definition) is 1. The Balaban J connectivity index is 1.26. The van der Waals surface area contributed by atoms with E-state index >= 15 is 0 Å². The standard InChI is InChI=1S/C30H22N2O7/c1-36-26-14-18(9-11-24(26)37-16-20-7-4-6-19-5-2-3-8-22(19)20)13-23-28(33)31-30(35)32(29(23)34)21-10-12-25-27(15-21)39-17-38-25/h2-15H,16-17H2,1H3,(H,31,33,35)/b23-13+. The van der Waals surface area contributed by atoms with Crippen LogP contribution in [0.2, 0.25) is 0 Å². The fourth-order valence-corrected chi connectivity index (χ4v) is 4.55. The summed E-state index contributed by atoms with van der Waals surface area (Å²) >= 11 is 0. The molecule has 4 aromatic carbocycles. The van der Waals surface area contributed by atoms with Gasteiger partial charge in [0.2, 0.25) is 6.79 Å². The number of anilines is 1. The molecule has 0 aromatic heterocycles. The summed E-state index contributed by atoms with van der Waals surface area (Å²) in [4.78, 5) is 39.4. The van der Waals surface area contributed by atoms with Crippen molar-refractivity contribution in [3.8, 4) is 23.0 Å². The molecule has 39 heavy (non-hydrogen) atoms. The number of amides is 4. The van der Waals surface area contributed by atoms with Crippen LogP contribution in [0.5, 0.6) is 23.0 Å². The third kappa shape index (κ3) is 4.50. The van der Waals surface area contributed by atoms with Gasteiger partial charge in [-0.2, -0.15) is 0 Å². The first-order valence-corrected chi connectivity index (χ1v) is 12.1. The molecule has 0 atom stereocenters. The summed E-state index contributed by atoms with van der Waals surface area (Å²) in [6.45, 7) is 0.373. The van der Waals surface area contributed by atoms with E-state index in [4.69, 9.17) is 18.9 Å². The molecule has 1 fully saturated rings. The van der Waals surface area contributed by atoms with E-state index in [9.17, 15) is 14.4 Å². The van der Waals surface area contributed by atoms with Gasteiger partial charge in [0.25, 0.3) is 11.8 Å². The number of nitrogens with one attached hydrogen (secondary N) is 1. The Labute approximate surface area is 223 Å². The van der Waals surface area contributed by atoms with Crippen molar-refractivity contribution >= 4 is 40.4 Å². The number of fused-ring (bicyclic) bond motifs is 2. The van der Waals surface area contributed by atoms with Crippen molar-refractivity contribution in [1.29, 1.82) is 0 Å². The highest BCUT2D eigenvalue weighted by molar-refractivity contribution is 6.39. The predicted molar refractivity (Wildman–Crippen MR) is 143 cm³/mol. The minimum absolute atomic E-state index is 0.0477. The van der Waals surface area contributed by atoms with Crippen molar-refractivity contribution in [3.63, 3.8) is 0 Å². The van der Waals surface area contributed by atoms with Crippen LogP contribution in [0, 0.1) is 0 Å². The Morgan fingerprint density at radius 3 is 2.59 bits per heavy atom. The number of carbonyl (C=O) groups excluding carboxylic acids is 3. The molecule has 2 heterocycles. The van der Waals surface area contributed by atoms with Crippen LogP contribution in [0.25, 0.3) is 16.8 Å². The van der Waals surface area contributed by atoms with E-state index in [1.807, 2.05) is 42.5 Å². The van der Waals surface area contributed by atoms with Crippen LogP contribution in [0.4, 0.5) is 10.5 Å². The molecule has 0 saturated carbocycles. The number of methoxy groups -OCH3 is 1. The highest BCUT2D eigenvalue weighted by atomic mass is 16.7. The molecule has 194 valence electrons. The normalized spacial score (nSPS) is 15.6. The lowest BCUT2D eigenvalue weighted by Crippen LogP contribution is -2.54. The second-order valence-corrected chi connectivity index (χ2v) is 8.83. The van der Waals surface area contributed by atoms with Crippen LogP contribution < -0.4 is 29.2 Å². The van der Waals surface area contributed by atoms with E-state index in [1.165, 1.54) is 19.3 Å². The van der Waals surface area contributed by atoms with E-state index in [2.05, 4.69) is 5.32 Å². The van der Waals surface area contributed by atoms with E-state index in [-0.39, 0.29) is 18.1 Å². The number of nitrogens with zero attached hydrogens (tertiary/aromatic N) is 1. The zero-order valence-electron chi connectivity index (χ0n) is 20.8. The van der Waals surface area contributed by atoms with E-state index in [0.29, 0.717) is 35.2 Å². The maximum absolute atomic E-state index is 13.3. The van der Waals surface area contributed by atoms with Crippen molar-refractivity contribution in [2.24, 2.45) is 0 Å². The fourth-order valence-electron chi connectivity index (χ4n) is 4.55. The second kappa shape index (κ2) is 9.86. The molecule has 9 nitrogen and oxygen atoms in total. The van der Waals surface area contributed by atoms with E-state index in [0.717, 1.165) is 21.2 Å². The molecule has 1 N–H and O–H groups in total. The molecule has 0 radical (unpaired) electrons. The van der Waals surface area contributed by atoms with Crippen LogP contribution in [-0.4, -0.2) is 31.7 Å². The molecule has 2 aliphatic heterocycles. The molecule has 0 aliphatic carbocycles. The zero-order chi connectivity index (χ0) is 26.9. The summed E-state index contributed by atoms with van der Waals surface area (Å²) in [5.41, 5.74) is 1.58. The smallest absolute Gasteiger partial charge is 0.335 e. The Morgan fingerprint density at radius 1 is 0.897 bits per heavy atom. The third-order valence-electron chi connectivity index (χ3n) is 6.48. The first-order valence-electron chi connectivity index (χ1n) is 12.1.